The summed E-state index contributed by atoms with van der Waals surface area (Å²) in [6.07, 6.45) is 0.543. The van der Waals surface area contributed by atoms with Crippen LogP contribution in [0.4, 0.5) is 5.69 Å². The highest BCUT2D eigenvalue weighted by Gasteiger charge is 2.68. The smallest absolute Gasteiger partial charge is 0.310 e. The number of anilines is 1. The van der Waals surface area contributed by atoms with Crippen molar-refractivity contribution in [2.45, 2.75) is 18.8 Å². The van der Waals surface area contributed by atoms with Crippen LogP contribution in [0.3, 0.4) is 0 Å². The number of esters is 1. The van der Waals surface area contributed by atoms with Crippen LogP contribution < -0.4 is 5.32 Å². The Balaban J connectivity index is 1.99. The molecule has 5 heteroatoms. The number of hydrogen-bond donors (Lipinski definition) is 1. The largest absolute Gasteiger partial charge is 0.466 e. The van der Waals surface area contributed by atoms with Crippen LogP contribution in [0.2, 0.25) is 0 Å². The lowest BCUT2D eigenvalue weighted by Gasteiger charge is -2.08. The van der Waals surface area contributed by atoms with Crippen LogP contribution >= 0.6 is 15.9 Å². The average molecular weight is 310 g/mol. The molecule has 1 saturated carbocycles. The topological polar surface area (TPSA) is 55.4 Å². The molecule has 2 aliphatic rings. The van der Waals surface area contributed by atoms with Crippen LogP contribution in [-0.4, -0.2) is 18.5 Å². The molecule has 1 aromatic carbocycles. The van der Waals surface area contributed by atoms with Crippen molar-refractivity contribution < 1.29 is 14.3 Å². The summed E-state index contributed by atoms with van der Waals surface area (Å²) < 4.78 is 5.92. The van der Waals surface area contributed by atoms with Crippen LogP contribution in [0.15, 0.2) is 22.7 Å². The van der Waals surface area contributed by atoms with Gasteiger partial charge in [0.2, 0.25) is 5.91 Å². The van der Waals surface area contributed by atoms with Gasteiger partial charge in [-0.3, -0.25) is 9.59 Å². The van der Waals surface area contributed by atoms with E-state index >= 15 is 0 Å². The molecule has 0 bridgehead atoms. The maximum absolute atomic E-state index is 12.1. The van der Waals surface area contributed by atoms with Crippen molar-refractivity contribution in [1.29, 1.82) is 0 Å². The van der Waals surface area contributed by atoms with Crippen molar-refractivity contribution in [3.8, 4) is 0 Å². The third-order valence-corrected chi connectivity index (χ3v) is 4.14. The number of hydrogen-bond acceptors (Lipinski definition) is 3. The summed E-state index contributed by atoms with van der Waals surface area (Å²) in [6, 6.07) is 5.64. The van der Waals surface area contributed by atoms with Gasteiger partial charge in [0.25, 0.3) is 0 Å². The molecule has 1 aliphatic heterocycles. The summed E-state index contributed by atoms with van der Waals surface area (Å²) in [6.45, 7) is 2.12. The Bertz CT molecular complexity index is 557. The predicted molar refractivity (Wildman–Crippen MR) is 69.2 cm³/mol. The second-order valence-electron chi connectivity index (χ2n) is 4.62. The van der Waals surface area contributed by atoms with Gasteiger partial charge in [0.05, 0.1) is 17.9 Å². The second-order valence-corrected chi connectivity index (χ2v) is 5.54. The molecule has 18 heavy (non-hydrogen) atoms. The Morgan fingerprint density at radius 1 is 1.61 bits per heavy atom. The fourth-order valence-electron chi connectivity index (χ4n) is 2.69. The number of amides is 1. The van der Waals surface area contributed by atoms with Crippen LogP contribution in [0, 0.1) is 5.92 Å². The van der Waals surface area contributed by atoms with Crippen molar-refractivity contribution in [2.24, 2.45) is 5.92 Å². The number of halogens is 1. The standard InChI is InChI=1S/C13H12BrNO3/c1-2-18-11(16)9-6-13(9)8-5-7(14)3-4-10(8)15-12(13)17/h3-5,9H,2,6H2,1H3,(H,15,17)/t9-,13+/m0/s1. The highest BCUT2D eigenvalue weighted by atomic mass is 79.9. The van der Waals surface area contributed by atoms with Crippen LogP contribution in [0.1, 0.15) is 18.9 Å². The van der Waals surface area contributed by atoms with E-state index in [-0.39, 0.29) is 17.8 Å². The van der Waals surface area contributed by atoms with Gasteiger partial charge in [-0.25, -0.2) is 0 Å². The average Bonchev–Trinajstić information content (AvgIpc) is 3.02. The summed E-state index contributed by atoms with van der Waals surface area (Å²) in [4.78, 5) is 23.9. The molecule has 4 nitrogen and oxygen atoms in total. The van der Waals surface area contributed by atoms with Crippen molar-refractivity contribution in [3.63, 3.8) is 0 Å². The van der Waals surface area contributed by atoms with E-state index in [0.29, 0.717) is 13.0 Å². The van der Waals surface area contributed by atoms with E-state index in [0.717, 1.165) is 15.7 Å². The lowest BCUT2D eigenvalue weighted by molar-refractivity contribution is -0.146. The monoisotopic (exact) mass is 309 g/mol. The van der Waals surface area contributed by atoms with Gasteiger partial charge in [-0.15, -0.1) is 0 Å². The molecule has 0 saturated heterocycles. The molecule has 0 aromatic heterocycles. The first kappa shape index (κ1) is 11.7. The molecule has 94 valence electrons. The summed E-state index contributed by atoms with van der Waals surface area (Å²) in [5.74, 6) is -0.706. The van der Waals surface area contributed by atoms with Crippen LogP contribution in [-0.2, 0) is 19.7 Å². The Kier molecular flexibility index (Phi) is 2.48. The van der Waals surface area contributed by atoms with Gasteiger partial charge < -0.3 is 10.1 Å². The maximum atomic E-state index is 12.1. The molecule has 2 atom stereocenters. The third-order valence-electron chi connectivity index (χ3n) is 3.65. The molecule has 1 aliphatic carbocycles. The minimum absolute atomic E-state index is 0.0892. The number of ether oxygens (including phenoxy) is 1. The van der Waals surface area contributed by atoms with E-state index in [1.165, 1.54) is 0 Å². The minimum atomic E-state index is -0.689. The molecule has 1 N–H and O–H groups in total. The summed E-state index contributed by atoms with van der Waals surface area (Å²) in [7, 11) is 0. The zero-order valence-corrected chi connectivity index (χ0v) is 11.4. The normalized spacial score (nSPS) is 27.9. The van der Waals surface area contributed by atoms with Crippen molar-refractivity contribution in [2.75, 3.05) is 11.9 Å². The zero-order valence-electron chi connectivity index (χ0n) is 9.83. The lowest BCUT2D eigenvalue weighted by Crippen LogP contribution is -2.25. The number of carbonyl (C=O) groups is 2. The minimum Gasteiger partial charge on any atom is -0.466 e. The van der Waals surface area contributed by atoms with Gasteiger partial charge in [0.1, 0.15) is 0 Å². The quantitative estimate of drug-likeness (QED) is 0.852. The molecule has 1 heterocycles. The van der Waals surface area contributed by atoms with Crippen LogP contribution in [0.5, 0.6) is 0 Å². The summed E-state index contributed by atoms with van der Waals surface area (Å²) >= 11 is 3.40. The Morgan fingerprint density at radius 3 is 3.11 bits per heavy atom. The molecule has 3 rings (SSSR count). The lowest BCUT2D eigenvalue weighted by atomic mass is 9.95. The van der Waals surface area contributed by atoms with E-state index in [2.05, 4.69) is 21.2 Å². The number of rotatable bonds is 2. The van der Waals surface area contributed by atoms with E-state index in [1.807, 2.05) is 18.2 Å². The number of fused-ring (bicyclic) bond motifs is 2. The first-order valence-electron chi connectivity index (χ1n) is 5.87. The molecule has 0 unspecified atom stereocenters. The highest BCUT2D eigenvalue weighted by molar-refractivity contribution is 9.10. The molecule has 1 amide bonds. The van der Waals surface area contributed by atoms with Gasteiger partial charge in [0.15, 0.2) is 0 Å². The van der Waals surface area contributed by atoms with Gasteiger partial charge in [0, 0.05) is 10.2 Å². The fraction of sp³-hybridized carbons (Fsp3) is 0.385. The van der Waals surface area contributed by atoms with Crippen molar-refractivity contribution in [3.05, 3.63) is 28.2 Å². The SMILES string of the molecule is CCOC(=O)[C@@H]1C[C@]12C(=O)Nc1ccc(Br)cc12. The van der Waals surface area contributed by atoms with E-state index in [1.54, 1.807) is 6.92 Å². The predicted octanol–water partition coefficient (Wildman–Crippen LogP) is 2.22. The Labute approximate surface area is 113 Å². The molecular weight excluding hydrogens is 298 g/mol. The van der Waals surface area contributed by atoms with E-state index in [9.17, 15) is 9.59 Å². The molecule has 1 fully saturated rings. The second kappa shape index (κ2) is 3.82. The summed E-state index contributed by atoms with van der Waals surface area (Å²) in [5.41, 5.74) is 1.01. The number of benzene rings is 1. The zero-order chi connectivity index (χ0) is 12.9. The third kappa shape index (κ3) is 1.43. The first-order chi connectivity index (χ1) is 8.59. The van der Waals surface area contributed by atoms with E-state index < -0.39 is 5.41 Å². The first-order valence-corrected chi connectivity index (χ1v) is 6.67. The van der Waals surface area contributed by atoms with E-state index in [4.69, 9.17) is 4.74 Å². The van der Waals surface area contributed by atoms with Gasteiger partial charge in [-0.1, -0.05) is 15.9 Å². The highest BCUT2D eigenvalue weighted by Crippen LogP contribution is 2.60. The van der Waals surface area contributed by atoms with Crippen LogP contribution in [0.25, 0.3) is 0 Å². The Morgan fingerprint density at radius 2 is 2.39 bits per heavy atom. The number of nitrogens with one attached hydrogen (secondary N) is 1. The Hall–Kier alpha value is -1.36. The molecule has 1 aromatic rings. The summed E-state index contributed by atoms with van der Waals surface area (Å²) in [5, 5.41) is 2.84. The maximum Gasteiger partial charge on any atom is 0.310 e. The molecular formula is C13H12BrNO3. The molecule has 1 spiro atoms. The molecule has 0 radical (unpaired) electrons. The van der Waals surface area contributed by atoms with Gasteiger partial charge in [-0.2, -0.15) is 0 Å². The van der Waals surface area contributed by atoms with Gasteiger partial charge in [-0.05, 0) is 37.1 Å². The fourth-order valence-corrected chi connectivity index (χ4v) is 3.05. The van der Waals surface area contributed by atoms with Crippen molar-refractivity contribution in [1.82, 2.24) is 0 Å². The van der Waals surface area contributed by atoms with Gasteiger partial charge >= 0.3 is 5.97 Å². The van der Waals surface area contributed by atoms with Crippen molar-refractivity contribution >= 4 is 33.5 Å². The number of carbonyl (C=O) groups excluding carboxylic acids is 2.